The smallest absolute Gasteiger partial charge is 0.00147 e. The van der Waals surface area contributed by atoms with Gasteiger partial charge in [-0.2, -0.15) is 0 Å². The van der Waals surface area contributed by atoms with Crippen molar-refractivity contribution in [1.29, 1.82) is 0 Å². The second-order valence-electron chi connectivity index (χ2n) is 6.66. The molecule has 0 radical (unpaired) electrons. The van der Waals surface area contributed by atoms with E-state index < -0.39 is 0 Å². The number of hydrogen-bond donors (Lipinski definition) is 2. The van der Waals surface area contributed by atoms with Gasteiger partial charge in [0.15, 0.2) is 0 Å². The predicted octanol–water partition coefficient (Wildman–Crippen LogP) is 2.62. The minimum atomic E-state index is 0. The molecule has 0 aliphatic heterocycles. The molecule has 6 N–H and O–H groups in total. The summed E-state index contributed by atoms with van der Waals surface area (Å²) in [5.41, 5.74) is 12.8. The minimum Gasteiger partial charge on any atom is -0.412 e. The largest absolute Gasteiger partial charge is 0.412 e. The summed E-state index contributed by atoms with van der Waals surface area (Å²) in [5, 5.41) is 0. The third-order valence-corrected chi connectivity index (χ3v) is 5.84. The maximum atomic E-state index is 6.30. The van der Waals surface area contributed by atoms with Gasteiger partial charge in [0.2, 0.25) is 0 Å². The molecule has 2 rings (SSSR count). The van der Waals surface area contributed by atoms with Crippen LogP contribution in [0.15, 0.2) is 0 Å². The summed E-state index contributed by atoms with van der Waals surface area (Å²) in [6, 6.07) is 0. The topological polar surface area (TPSA) is 83.5 Å². The van der Waals surface area contributed by atoms with E-state index in [1.165, 1.54) is 70.6 Å². The van der Waals surface area contributed by atoms with Crippen LogP contribution in [-0.2, 0) is 0 Å². The molecule has 2 unspecified atom stereocenters. The molecular formula is C16H34N2O. The summed E-state index contributed by atoms with van der Waals surface area (Å²) in [5.74, 6) is 1.55. The van der Waals surface area contributed by atoms with Crippen molar-refractivity contribution in [3.63, 3.8) is 0 Å². The fourth-order valence-corrected chi connectivity index (χ4v) is 4.69. The number of rotatable bonds is 3. The lowest BCUT2D eigenvalue weighted by Gasteiger charge is -2.45. The van der Waals surface area contributed by atoms with Crippen molar-refractivity contribution in [3.8, 4) is 0 Å². The maximum absolute atomic E-state index is 6.30. The molecule has 0 bridgehead atoms. The Balaban J connectivity index is 0.00000180. The van der Waals surface area contributed by atoms with Crippen LogP contribution < -0.4 is 11.5 Å². The second kappa shape index (κ2) is 8.23. The molecule has 0 aromatic heterocycles. The van der Waals surface area contributed by atoms with Crippen molar-refractivity contribution in [3.05, 3.63) is 0 Å². The van der Waals surface area contributed by atoms with Gasteiger partial charge < -0.3 is 16.9 Å². The molecular weight excluding hydrogens is 236 g/mol. The Morgan fingerprint density at radius 2 is 1.37 bits per heavy atom. The zero-order valence-electron chi connectivity index (χ0n) is 12.5. The zero-order valence-corrected chi connectivity index (χ0v) is 12.5. The lowest BCUT2D eigenvalue weighted by atomic mass is 9.61. The third kappa shape index (κ3) is 3.71. The monoisotopic (exact) mass is 270 g/mol. The van der Waals surface area contributed by atoms with E-state index in [2.05, 4.69) is 0 Å². The Hall–Kier alpha value is -0.120. The standard InChI is InChI=1S/C16H32N2.H2O/c17-12-15-10-6-3-7-11-16(15,13-18)14-8-4-1-2-5-9-14;/h14-15H,1-13,17-18H2;1H2. The van der Waals surface area contributed by atoms with Gasteiger partial charge in [0.1, 0.15) is 0 Å². The molecule has 0 spiro atoms. The molecule has 0 saturated heterocycles. The Kier molecular flexibility index (Phi) is 7.33. The molecule has 2 fully saturated rings. The van der Waals surface area contributed by atoms with Gasteiger partial charge in [-0.25, -0.2) is 0 Å². The van der Waals surface area contributed by atoms with Gasteiger partial charge in [0, 0.05) is 0 Å². The van der Waals surface area contributed by atoms with E-state index in [0.717, 1.165) is 19.0 Å². The Morgan fingerprint density at radius 3 is 1.95 bits per heavy atom. The van der Waals surface area contributed by atoms with Crippen molar-refractivity contribution >= 4 is 0 Å². The average Bonchev–Trinajstić information content (AvgIpc) is 2.79. The summed E-state index contributed by atoms with van der Waals surface area (Å²) in [4.78, 5) is 0. The summed E-state index contributed by atoms with van der Waals surface area (Å²) in [6.07, 6.45) is 15.3. The zero-order chi connectivity index (χ0) is 12.8. The van der Waals surface area contributed by atoms with Crippen LogP contribution in [0.2, 0.25) is 0 Å². The van der Waals surface area contributed by atoms with Gasteiger partial charge in [-0.1, -0.05) is 44.9 Å². The second-order valence-corrected chi connectivity index (χ2v) is 6.66. The molecule has 0 amide bonds. The van der Waals surface area contributed by atoms with E-state index >= 15 is 0 Å². The van der Waals surface area contributed by atoms with Crippen molar-refractivity contribution < 1.29 is 5.48 Å². The lowest BCUT2D eigenvalue weighted by Crippen LogP contribution is -2.46. The first-order valence-electron chi connectivity index (χ1n) is 8.23. The first kappa shape index (κ1) is 16.9. The van der Waals surface area contributed by atoms with E-state index in [1.54, 1.807) is 0 Å². The van der Waals surface area contributed by atoms with Gasteiger partial charge in [-0.05, 0) is 56.0 Å². The Labute approximate surface area is 118 Å². The number of hydrogen-bond acceptors (Lipinski definition) is 2. The Bertz CT molecular complexity index is 239. The van der Waals surface area contributed by atoms with Crippen molar-refractivity contribution in [2.75, 3.05) is 13.1 Å². The lowest BCUT2D eigenvalue weighted by molar-refractivity contribution is 0.0617. The quantitative estimate of drug-likeness (QED) is 0.773. The van der Waals surface area contributed by atoms with Gasteiger partial charge in [-0.3, -0.25) is 0 Å². The highest BCUT2D eigenvalue weighted by atomic mass is 16.0. The summed E-state index contributed by atoms with van der Waals surface area (Å²) in [6.45, 7) is 1.73. The van der Waals surface area contributed by atoms with E-state index in [9.17, 15) is 0 Å². The molecule has 3 nitrogen and oxygen atoms in total. The van der Waals surface area contributed by atoms with Crippen molar-refractivity contribution in [2.24, 2.45) is 28.7 Å². The molecule has 19 heavy (non-hydrogen) atoms. The fraction of sp³-hybridized carbons (Fsp3) is 1.00. The van der Waals surface area contributed by atoms with Crippen LogP contribution in [0.1, 0.15) is 70.6 Å². The maximum Gasteiger partial charge on any atom is -0.00147 e. The molecule has 0 aromatic rings. The highest BCUT2D eigenvalue weighted by Crippen LogP contribution is 2.49. The molecule has 2 aliphatic carbocycles. The molecule has 114 valence electrons. The van der Waals surface area contributed by atoms with Gasteiger partial charge in [0.25, 0.3) is 0 Å². The average molecular weight is 270 g/mol. The fourth-order valence-electron chi connectivity index (χ4n) is 4.69. The molecule has 0 aromatic carbocycles. The van der Waals surface area contributed by atoms with Crippen LogP contribution in [0.3, 0.4) is 0 Å². The van der Waals surface area contributed by atoms with Crippen molar-refractivity contribution in [1.82, 2.24) is 0 Å². The van der Waals surface area contributed by atoms with Crippen LogP contribution in [0.4, 0.5) is 0 Å². The van der Waals surface area contributed by atoms with Gasteiger partial charge >= 0.3 is 0 Å². The first-order chi connectivity index (χ1) is 8.83. The van der Waals surface area contributed by atoms with Crippen LogP contribution >= 0.6 is 0 Å². The number of nitrogens with two attached hydrogens (primary N) is 2. The molecule has 2 saturated carbocycles. The van der Waals surface area contributed by atoms with Gasteiger partial charge in [0.05, 0.1) is 0 Å². The first-order valence-corrected chi connectivity index (χ1v) is 8.23. The highest BCUT2D eigenvalue weighted by molar-refractivity contribution is 4.95. The van der Waals surface area contributed by atoms with E-state index in [0.29, 0.717) is 11.3 Å². The van der Waals surface area contributed by atoms with Crippen molar-refractivity contribution in [2.45, 2.75) is 70.6 Å². The van der Waals surface area contributed by atoms with E-state index in [-0.39, 0.29) is 5.48 Å². The normalized spacial score (nSPS) is 34.1. The summed E-state index contributed by atoms with van der Waals surface area (Å²) in [7, 11) is 0. The molecule has 2 aliphatic rings. The van der Waals surface area contributed by atoms with Crippen LogP contribution in [0.25, 0.3) is 0 Å². The minimum absolute atomic E-state index is 0. The molecule has 3 heteroatoms. The SMILES string of the molecule is NCC1CCCCCC1(CN)C1CCCCCC1.O. The van der Waals surface area contributed by atoms with Gasteiger partial charge in [-0.15, -0.1) is 0 Å². The Morgan fingerprint density at radius 1 is 0.789 bits per heavy atom. The summed E-state index contributed by atoms with van der Waals surface area (Å²) < 4.78 is 0. The van der Waals surface area contributed by atoms with Crippen LogP contribution in [0, 0.1) is 17.3 Å². The predicted molar refractivity (Wildman–Crippen MR) is 81.9 cm³/mol. The highest BCUT2D eigenvalue weighted by Gasteiger charge is 2.43. The van der Waals surface area contributed by atoms with E-state index in [4.69, 9.17) is 11.5 Å². The van der Waals surface area contributed by atoms with Crippen LogP contribution in [-0.4, -0.2) is 18.6 Å². The molecule has 2 atom stereocenters. The van der Waals surface area contributed by atoms with Crippen LogP contribution in [0.5, 0.6) is 0 Å². The molecule has 0 heterocycles. The summed E-state index contributed by atoms with van der Waals surface area (Å²) >= 11 is 0. The third-order valence-electron chi connectivity index (χ3n) is 5.84. The van der Waals surface area contributed by atoms with E-state index in [1.807, 2.05) is 0 Å².